The van der Waals surface area contributed by atoms with Gasteiger partial charge >= 0.3 is 0 Å². The fourth-order valence-corrected chi connectivity index (χ4v) is 3.84. The molecule has 4 rings (SSSR count). The van der Waals surface area contributed by atoms with Gasteiger partial charge in [-0.15, -0.1) is 11.3 Å². The molecular weight excluding hydrogens is 424 g/mol. The van der Waals surface area contributed by atoms with E-state index in [0.717, 1.165) is 10.9 Å². The summed E-state index contributed by atoms with van der Waals surface area (Å²) in [6.07, 6.45) is 1.52. The van der Waals surface area contributed by atoms with E-state index >= 15 is 0 Å². The summed E-state index contributed by atoms with van der Waals surface area (Å²) >= 11 is 1.46. The molecule has 3 heterocycles. The number of anilines is 1. The quantitative estimate of drug-likeness (QED) is 0.480. The first-order valence-corrected chi connectivity index (χ1v) is 10.2. The highest BCUT2D eigenvalue weighted by molar-refractivity contribution is 7.13. The minimum absolute atomic E-state index is 0.00725. The van der Waals surface area contributed by atoms with Crippen LogP contribution in [0.1, 0.15) is 40.6 Å². The summed E-state index contributed by atoms with van der Waals surface area (Å²) in [5.74, 6) is -3.86. The van der Waals surface area contributed by atoms with Gasteiger partial charge in [-0.2, -0.15) is 5.10 Å². The Kier molecular flexibility index (Phi) is 5.24. The van der Waals surface area contributed by atoms with Gasteiger partial charge in [0.05, 0.1) is 39.0 Å². The predicted octanol–water partition coefficient (Wildman–Crippen LogP) is 4.37. The van der Waals surface area contributed by atoms with Gasteiger partial charge in [-0.3, -0.25) is 9.59 Å². The second-order valence-electron chi connectivity index (χ2n) is 7.08. The van der Waals surface area contributed by atoms with Crippen molar-refractivity contribution in [3.8, 4) is 10.6 Å². The van der Waals surface area contributed by atoms with Crippen molar-refractivity contribution in [3.05, 3.63) is 64.7 Å². The standard InChI is InChI=1S/C21H17F2N5O2S/c1-10(2)28-20-13(9-25-28)11(6-17(26-20)18-4-3-5-31-18)21(30)27-16-7-12(19(24)29)14(22)8-15(16)23/h3-10H,1-2H3,(H2,24,29)(H,27,30). The number of benzene rings is 1. The minimum Gasteiger partial charge on any atom is -0.366 e. The lowest BCUT2D eigenvalue weighted by molar-refractivity contribution is 0.0992. The smallest absolute Gasteiger partial charge is 0.256 e. The molecule has 0 unspecified atom stereocenters. The maximum Gasteiger partial charge on any atom is 0.256 e. The van der Waals surface area contributed by atoms with Crippen molar-refractivity contribution >= 4 is 39.9 Å². The number of thiophene rings is 1. The van der Waals surface area contributed by atoms with Crippen molar-refractivity contribution in [1.82, 2.24) is 14.8 Å². The van der Waals surface area contributed by atoms with Crippen LogP contribution in [0.4, 0.5) is 14.5 Å². The Labute approximate surface area is 179 Å². The van der Waals surface area contributed by atoms with Crippen molar-refractivity contribution in [3.63, 3.8) is 0 Å². The lowest BCUT2D eigenvalue weighted by atomic mass is 10.1. The molecule has 0 saturated carbocycles. The van der Waals surface area contributed by atoms with Gasteiger partial charge in [0, 0.05) is 12.1 Å². The van der Waals surface area contributed by atoms with E-state index in [2.05, 4.69) is 15.4 Å². The van der Waals surface area contributed by atoms with E-state index in [-0.39, 0.29) is 17.3 Å². The van der Waals surface area contributed by atoms with Gasteiger partial charge in [0.15, 0.2) is 5.65 Å². The molecule has 3 N–H and O–H groups in total. The second-order valence-corrected chi connectivity index (χ2v) is 8.03. The maximum absolute atomic E-state index is 14.3. The predicted molar refractivity (Wildman–Crippen MR) is 114 cm³/mol. The fraction of sp³-hybridized carbons (Fsp3) is 0.143. The third-order valence-corrected chi connectivity index (χ3v) is 5.54. The Balaban J connectivity index is 1.83. The third kappa shape index (κ3) is 3.77. The number of amides is 2. The van der Waals surface area contributed by atoms with Crippen molar-refractivity contribution < 1.29 is 18.4 Å². The molecule has 0 radical (unpaired) electrons. The first-order valence-electron chi connectivity index (χ1n) is 9.28. The van der Waals surface area contributed by atoms with E-state index in [1.165, 1.54) is 17.5 Å². The molecule has 0 saturated heterocycles. The summed E-state index contributed by atoms with van der Waals surface area (Å²) in [6, 6.07) is 6.70. The minimum atomic E-state index is -1.10. The van der Waals surface area contributed by atoms with Crippen LogP contribution in [0.5, 0.6) is 0 Å². The summed E-state index contributed by atoms with van der Waals surface area (Å²) in [5, 5.41) is 9.09. The van der Waals surface area contributed by atoms with Crippen molar-refractivity contribution in [2.24, 2.45) is 5.73 Å². The molecule has 4 aromatic rings. The molecule has 3 aromatic heterocycles. The van der Waals surface area contributed by atoms with Crippen LogP contribution < -0.4 is 11.1 Å². The van der Waals surface area contributed by atoms with E-state index in [0.29, 0.717) is 22.8 Å². The van der Waals surface area contributed by atoms with Gasteiger partial charge in [0.1, 0.15) is 11.6 Å². The van der Waals surface area contributed by atoms with E-state index < -0.39 is 29.0 Å². The molecule has 1 aromatic carbocycles. The lowest BCUT2D eigenvalue weighted by Gasteiger charge is -2.11. The first-order chi connectivity index (χ1) is 14.8. The Morgan fingerprint density at radius 2 is 1.94 bits per heavy atom. The van der Waals surface area contributed by atoms with Crippen LogP contribution in [-0.2, 0) is 0 Å². The molecule has 0 atom stereocenters. The van der Waals surface area contributed by atoms with Crippen LogP contribution in [0.25, 0.3) is 21.6 Å². The number of carbonyl (C=O) groups is 2. The number of rotatable bonds is 5. The van der Waals surface area contributed by atoms with Crippen LogP contribution in [0.2, 0.25) is 0 Å². The summed E-state index contributed by atoms with van der Waals surface area (Å²) in [4.78, 5) is 30.0. The van der Waals surface area contributed by atoms with Gasteiger partial charge < -0.3 is 11.1 Å². The summed E-state index contributed by atoms with van der Waals surface area (Å²) in [6.45, 7) is 3.87. The number of nitrogens with one attached hydrogen (secondary N) is 1. The molecule has 7 nitrogen and oxygen atoms in total. The molecule has 158 valence electrons. The Morgan fingerprint density at radius 1 is 1.16 bits per heavy atom. The zero-order chi connectivity index (χ0) is 22.3. The number of fused-ring (bicyclic) bond motifs is 1. The fourth-order valence-electron chi connectivity index (χ4n) is 3.16. The zero-order valence-electron chi connectivity index (χ0n) is 16.5. The monoisotopic (exact) mass is 441 g/mol. The third-order valence-electron chi connectivity index (χ3n) is 4.64. The Bertz CT molecular complexity index is 1320. The van der Waals surface area contributed by atoms with Crippen LogP contribution in [0.15, 0.2) is 41.9 Å². The number of nitrogens with two attached hydrogens (primary N) is 1. The van der Waals surface area contributed by atoms with Crippen molar-refractivity contribution in [2.45, 2.75) is 19.9 Å². The second kappa shape index (κ2) is 7.88. The van der Waals surface area contributed by atoms with Gasteiger partial charge in [-0.25, -0.2) is 18.4 Å². The lowest BCUT2D eigenvalue weighted by Crippen LogP contribution is -2.17. The molecule has 0 aliphatic heterocycles. The normalized spacial score (nSPS) is 11.3. The van der Waals surface area contributed by atoms with E-state index in [1.807, 2.05) is 31.4 Å². The van der Waals surface area contributed by atoms with Crippen molar-refractivity contribution in [1.29, 1.82) is 0 Å². The number of nitrogens with zero attached hydrogens (tertiary/aromatic N) is 3. The van der Waals surface area contributed by atoms with Gasteiger partial charge in [0.2, 0.25) is 0 Å². The Hall–Kier alpha value is -3.66. The highest BCUT2D eigenvalue weighted by atomic mass is 32.1. The molecule has 0 bridgehead atoms. The van der Waals surface area contributed by atoms with Gasteiger partial charge in [-0.1, -0.05) is 6.07 Å². The van der Waals surface area contributed by atoms with Crippen LogP contribution in [0, 0.1) is 11.6 Å². The number of pyridine rings is 1. The maximum atomic E-state index is 14.3. The number of carbonyl (C=O) groups excluding carboxylic acids is 2. The molecule has 31 heavy (non-hydrogen) atoms. The van der Waals surface area contributed by atoms with Crippen LogP contribution in [0.3, 0.4) is 0 Å². The summed E-state index contributed by atoms with van der Waals surface area (Å²) in [5.41, 5.74) is 5.51. The number of hydrogen-bond acceptors (Lipinski definition) is 5. The van der Waals surface area contributed by atoms with Gasteiger partial charge in [-0.05, 0) is 37.4 Å². The van der Waals surface area contributed by atoms with E-state index in [9.17, 15) is 18.4 Å². The van der Waals surface area contributed by atoms with Gasteiger partial charge in [0.25, 0.3) is 11.8 Å². The molecule has 10 heteroatoms. The number of halogens is 2. The molecule has 0 aliphatic rings. The summed E-state index contributed by atoms with van der Waals surface area (Å²) < 4.78 is 29.7. The van der Waals surface area contributed by atoms with Crippen molar-refractivity contribution in [2.75, 3.05) is 5.32 Å². The first kappa shape index (κ1) is 20.6. The highest BCUT2D eigenvalue weighted by Crippen LogP contribution is 2.30. The highest BCUT2D eigenvalue weighted by Gasteiger charge is 2.21. The number of hydrogen-bond donors (Lipinski definition) is 2. The van der Waals surface area contributed by atoms with Crippen LogP contribution in [-0.4, -0.2) is 26.6 Å². The zero-order valence-corrected chi connectivity index (χ0v) is 17.3. The number of aromatic nitrogens is 3. The molecule has 0 fully saturated rings. The largest absolute Gasteiger partial charge is 0.366 e. The number of primary amides is 1. The van der Waals surface area contributed by atoms with Crippen LogP contribution >= 0.6 is 11.3 Å². The topological polar surface area (TPSA) is 103 Å². The SMILES string of the molecule is CC(C)n1ncc2c(C(=O)Nc3cc(C(N)=O)c(F)cc3F)cc(-c3cccs3)nc21. The summed E-state index contributed by atoms with van der Waals surface area (Å²) in [7, 11) is 0. The molecular formula is C21H17F2N5O2S. The van der Waals surface area contributed by atoms with E-state index in [1.54, 1.807) is 10.7 Å². The average molecular weight is 441 g/mol. The average Bonchev–Trinajstić information content (AvgIpc) is 3.38. The molecule has 0 spiro atoms. The molecule has 0 aliphatic carbocycles. The Morgan fingerprint density at radius 3 is 2.58 bits per heavy atom. The molecule has 2 amide bonds. The van der Waals surface area contributed by atoms with E-state index in [4.69, 9.17) is 5.73 Å².